The molecular weight excluding hydrogens is 354 g/mol. The van der Waals surface area contributed by atoms with Gasteiger partial charge in [0.05, 0.1) is 18.6 Å². The topological polar surface area (TPSA) is 58.8 Å². The molecule has 0 saturated carbocycles. The number of rotatable bonds is 6. The van der Waals surface area contributed by atoms with Gasteiger partial charge in [0.2, 0.25) is 5.91 Å². The molecule has 3 heterocycles. The largest absolute Gasteiger partial charge is 0.383 e. The summed E-state index contributed by atoms with van der Waals surface area (Å²) in [5.74, 6) is 1.16. The van der Waals surface area contributed by atoms with Crippen molar-refractivity contribution >= 4 is 5.91 Å². The highest BCUT2D eigenvalue weighted by atomic mass is 16.5. The first kappa shape index (κ1) is 19.2. The molecule has 2 saturated heterocycles. The number of nitrogens with zero attached hydrogens (tertiary/aromatic N) is 3. The summed E-state index contributed by atoms with van der Waals surface area (Å²) < 4.78 is 10.8. The minimum absolute atomic E-state index is 0.230. The van der Waals surface area contributed by atoms with Crippen LogP contribution in [0.4, 0.5) is 0 Å². The van der Waals surface area contributed by atoms with E-state index in [1.165, 1.54) is 5.56 Å². The molecule has 1 unspecified atom stereocenters. The van der Waals surface area contributed by atoms with Crippen molar-refractivity contribution in [2.24, 2.45) is 5.41 Å². The first-order chi connectivity index (χ1) is 13.6. The van der Waals surface area contributed by atoms with Crippen molar-refractivity contribution in [3.63, 3.8) is 0 Å². The number of likely N-dealkylation sites (tertiary alicyclic amines) is 2. The van der Waals surface area contributed by atoms with Crippen molar-refractivity contribution in [1.29, 1.82) is 0 Å². The van der Waals surface area contributed by atoms with Crippen LogP contribution in [0.3, 0.4) is 0 Å². The molecule has 0 N–H and O–H groups in total. The second-order valence-corrected chi connectivity index (χ2v) is 8.17. The highest BCUT2D eigenvalue weighted by Gasteiger charge is 2.48. The molecular formula is C22H29N3O3. The third-order valence-corrected chi connectivity index (χ3v) is 6.11. The molecule has 1 aromatic carbocycles. The number of carbonyl (C=O) groups is 1. The highest BCUT2D eigenvalue weighted by Crippen LogP contribution is 2.40. The monoisotopic (exact) mass is 383 g/mol. The Morgan fingerprint density at radius 2 is 2.04 bits per heavy atom. The zero-order chi connectivity index (χ0) is 19.6. The Morgan fingerprint density at radius 3 is 2.82 bits per heavy atom. The maximum Gasteiger partial charge on any atom is 0.230 e. The van der Waals surface area contributed by atoms with Gasteiger partial charge in [0.1, 0.15) is 5.69 Å². The zero-order valence-corrected chi connectivity index (χ0v) is 16.8. The third-order valence-electron chi connectivity index (χ3n) is 6.11. The van der Waals surface area contributed by atoms with E-state index in [2.05, 4.69) is 41.2 Å². The van der Waals surface area contributed by atoms with Crippen LogP contribution in [-0.4, -0.2) is 60.8 Å². The van der Waals surface area contributed by atoms with Gasteiger partial charge in [0.25, 0.3) is 0 Å². The summed E-state index contributed by atoms with van der Waals surface area (Å²) in [6.07, 6.45) is 2.98. The van der Waals surface area contributed by atoms with Gasteiger partial charge in [-0.2, -0.15) is 0 Å². The predicted octanol–water partition coefficient (Wildman–Crippen LogP) is 3.11. The van der Waals surface area contributed by atoms with Gasteiger partial charge in [-0.05, 0) is 32.7 Å². The van der Waals surface area contributed by atoms with Crippen molar-refractivity contribution < 1.29 is 14.1 Å². The lowest BCUT2D eigenvalue weighted by molar-refractivity contribution is -0.146. The molecule has 2 aliphatic heterocycles. The fourth-order valence-corrected chi connectivity index (χ4v) is 4.51. The molecule has 150 valence electrons. The van der Waals surface area contributed by atoms with Crippen LogP contribution < -0.4 is 0 Å². The normalized spacial score (nSPS) is 23.1. The molecule has 0 bridgehead atoms. The van der Waals surface area contributed by atoms with Crippen molar-refractivity contribution in [3.05, 3.63) is 41.7 Å². The first-order valence-corrected chi connectivity index (χ1v) is 10.1. The molecule has 28 heavy (non-hydrogen) atoms. The SMILES string of the molecule is COCCN1CCCC2(CCN(Cc3cc(-c4ccc(C)cc4)no3)C2)C1=O. The summed E-state index contributed by atoms with van der Waals surface area (Å²) >= 11 is 0. The molecule has 0 aliphatic carbocycles. The molecule has 1 atom stereocenters. The lowest BCUT2D eigenvalue weighted by atomic mass is 9.78. The second-order valence-electron chi connectivity index (χ2n) is 8.17. The molecule has 2 aliphatic rings. The molecule has 1 spiro atoms. The molecule has 0 radical (unpaired) electrons. The van der Waals surface area contributed by atoms with Gasteiger partial charge in [0.15, 0.2) is 5.76 Å². The van der Waals surface area contributed by atoms with Gasteiger partial charge >= 0.3 is 0 Å². The summed E-state index contributed by atoms with van der Waals surface area (Å²) in [5.41, 5.74) is 2.93. The number of piperidine rings is 1. The predicted molar refractivity (Wildman–Crippen MR) is 107 cm³/mol. The number of ether oxygens (including phenoxy) is 1. The Kier molecular flexibility index (Phi) is 5.51. The number of amides is 1. The van der Waals surface area contributed by atoms with Gasteiger partial charge in [-0.1, -0.05) is 35.0 Å². The van der Waals surface area contributed by atoms with E-state index in [0.717, 1.165) is 55.9 Å². The van der Waals surface area contributed by atoms with E-state index in [1.54, 1.807) is 7.11 Å². The van der Waals surface area contributed by atoms with Crippen LogP contribution in [-0.2, 0) is 16.1 Å². The zero-order valence-electron chi connectivity index (χ0n) is 16.8. The lowest BCUT2D eigenvalue weighted by Crippen LogP contribution is -2.50. The van der Waals surface area contributed by atoms with E-state index in [-0.39, 0.29) is 5.41 Å². The maximum atomic E-state index is 13.1. The van der Waals surface area contributed by atoms with E-state index in [9.17, 15) is 4.79 Å². The summed E-state index contributed by atoms with van der Waals surface area (Å²) in [7, 11) is 1.68. The van der Waals surface area contributed by atoms with Crippen LogP contribution in [0.1, 0.15) is 30.6 Å². The van der Waals surface area contributed by atoms with Crippen molar-refractivity contribution in [2.75, 3.05) is 39.9 Å². The minimum atomic E-state index is -0.230. The lowest BCUT2D eigenvalue weighted by Gasteiger charge is -2.39. The first-order valence-electron chi connectivity index (χ1n) is 10.1. The van der Waals surface area contributed by atoms with E-state index < -0.39 is 0 Å². The number of hydrogen-bond acceptors (Lipinski definition) is 5. The molecule has 6 heteroatoms. The summed E-state index contributed by atoms with van der Waals surface area (Å²) in [5, 5.41) is 4.23. The van der Waals surface area contributed by atoms with Gasteiger partial charge in [-0.15, -0.1) is 0 Å². The molecule has 6 nitrogen and oxygen atoms in total. The Morgan fingerprint density at radius 1 is 1.21 bits per heavy atom. The maximum absolute atomic E-state index is 13.1. The molecule has 1 amide bonds. The van der Waals surface area contributed by atoms with E-state index in [4.69, 9.17) is 9.26 Å². The number of aromatic nitrogens is 1. The Balaban J connectivity index is 1.39. The average molecular weight is 383 g/mol. The van der Waals surface area contributed by atoms with Crippen LogP contribution >= 0.6 is 0 Å². The molecule has 1 aromatic heterocycles. The van der Waals surface area contributed by atoms with Crippen LogP contribution in [0.15, 0.2) is 34.9 Å². The van der Waals surface area contributed by atoms with Crippen LogP contribution in [0.25, 0.3) is 11.3 Å². The number of methoxy groups -OCH3 is 1. The average Bonchev–Trinajstić information content (AvgIpc) is 3.32. The second kappa shape index (κ2) is 8.05. The van der Waals surface area contributed by atoms with Crippen LogP contribution in [0.5, 0.6) is 0 Å². The van der Waals surface area contributed by atoms with E-state index in [1.807, 2.05) is 11.0 Å². The standard InChI is InChI=1S/C22H29N3O3/c1-17-4-6-18(7-5-17)20-14-19(28-23-20)15-24-11-9-22(16-24)8-3-10-25(21(22)26)12-13-27-2/h4-7,14H,3,8-13,15-16H2,1-2H3. The number of aryl methyl sites for hydroxylation is 1. The van der Waals surface area contributed by atoms with Gasteiger partial charge in [-0.25, -0.2) is 0 Å². The van der Waals surface area contributed by atoms with Crippen molar-refractivity contribution in [3.8, 4) is 11.3 Å². The number of benzene rings is 1. The summed E-state index contributed by atoms with van der Waals surface area (Å²) in [4.78, 5) is 17.4. The third kappa shape index (κ3) is 3.84. The highest BCUT2D eigenvalue weighted by molar-refractivity contribution is 5.84. The molecule has 2 aromatic rings. The summed E-state index contributed by atoms with van der Waals surface area (Å²) in [6.45, 7) is 6.65. The van der Waals surface area contributed by atoms with E-state index >= 15 is 0 Å². The molecule has 2 fully saturated rings. The Bertz CT molecular complexity index is 817. The quantitative estimate of drug-likeness (QED) is 0.767. The van der Waals surface area contributed by atoms with Gasteiger partial charge < -0.3 is 14.2 Å². The van der Waals surface area contributed by atoms with Gasteiger partial charge in [0, 0.05) is 38.4 Å². The van der Waals surface area contributed by atoms with Crippen molar-refractivity contribution in [1.82, 2.24) is 15.0 Å². The number of carbonyl (C=O) groups excluding carboxylic acids is 1. The van der Waals surface area contributed by atoms with Crippen LogP contribution in [0, 0.1) is 12.3 Å². The fourth-order valence-electron chi connectivity index (χ4n) is 4.51. The Hall–Kier alpha value is -2.18. The van der Waals surface area contributed by atoms with Crippen molar-refractivity contribution in [2.45, 2.75) is 32.7 Å². The Labute approximate surface area is 166 Å². The van der Waals surface area contributed by atoms with Crippen LogP contribution in [0.2, 0.25) is 0 Å². The smallest absolute Gasteiger partial charge is 0.230 e. The minimum Gasteiger partial charge on any atom is -0.383 e. The summed E-state index contributed by atoms with van der Waals surface area (Å²) in [6, 6.07) is 10.3. The van der Waals surface area contributed by atoms with Gasteiger partial charge in [-0.3, -0.25) is 9.69 Å². The molecule has 4 rings (SSSR count). The number of hydrogen-bond donors (Lipinski definition) is 0. The fraction of sp³-hybridized carbons (Fsp3) is 0.545. The van der Waals surface area contributed by atoms with E-state index in [0.29, 0.717) is 25.6 Å².